The number of nitrogens with two attached hydrogens (primary N) is 2. The van der Waals surface area contributed by atoms with Gasteiger partial charge in [0.1, 0.15) is 95.5 Å². The molecular formula is C81H90Cl4N14O27S. The van der Waals surface area contributed by atoms with Crippen LogP contribution in [0.5, 0.6) is 46.0 Å². The first-order chi connectivity index (χ1) is 60.1. The molecule has 2 saturated heterocycles. The van der Waals surface area contributed by atoms with Crippen molar-refractivity contribution in [2.45, 2.75) is 163 Å². The Morgan fingerprint density at radius 2 is 1.35 bits per heavy atom. The van der Waals surface area contributed by atoms with Gasteiger partial charge in [-0.05, 0) is 145 Å². The number of likely N-dealkylation sites (N-methyl/N-ethyl adjacent to an activating group) is 1. The van der Waals surface area contributed by atoms with Crippen LogP contribution in [-0.2, 0) is 74.2 Å². The molecule has 127 heavy (non-hydrogen) atoms. The van der Waals surface area contributed by atoms with Crippen molar-refractivity contribution in [3.63, 3.8) is 0 Å². The van der Waals surface area contributed by atoms with Crippen molar-refractivity contribution in [2.75, 3.05) is 32.1 Å². The number of hydroxylamine groups is 1. The fourth-order valence-electron chi connectivity index (χ4n) is 14.9. The Labute approximate surface area is 743 Å². The molecule has 14 rings (SSSR count). The molecular weight excluding hydrogens is 1770 g/mol. The highest BCUT2D eigenvalue weighted by Gasteiger charge is 2.52. The van der Waals surface area contributed by atoms with E-state index in [-0.39, 0.29) is 52.0 Å². The van der Waals surface area contributed by atoms with E-state index in [1.165, 1.54) is 62.8 Å². The number of hydrogen-bond acceptors (Lipinski definition) is 30. The highest BCUT2D eigenvalue weighted by Crippen LogP contribution is 2.50. The van der Waals surface area contributed by atoms with E-state index in [0.29, 0.717) is 11.3 Å². The molecule has 41 nitrogen and oxygen atoms in total. The number of fused-ring (bicyclic) bond motifs is 15. The summed E-state index contributed by atoms with van der Waals surface area (Å²) in [6.07, 6.45) is -16.9. The molecule has 0 unspecified atom stereocenters. The zero-order chi connectivity index (χ0) is 92.1. The maximum atomic E-state index is 16.4. The average molecular weight is 1870 g/mol. The average Bonchev–Trinajstić information content (AvgIpc) is 0.753. The van der Waals surface area contributed by atoms with Crippen molar-refractivity contribution in [1.82, 2.24) is 57.7 Å². The molecule has 0 saturated carbocycles. The van der Waals surface area contributed by atoms with Crippen LogP contribution in [0.2, 0.25) is 20.1 Å². The number of hydrogen-bond donors (Lipinski definition) is 22. The van der Waals surface area contributed by atoms with Gasteiger partial charge in [-0.3, -0.25) is 53.0 Å². The van der Waals surface area contributed by atoms with E-state index in [4.69, 9.17) is 90.5 Å². The van der Waals surface area contributed by atoms with Crippen LogP contribution in [-0.4, -0.2) is 218 Å². The van der Waals surface area contributed by atoms with Crippen molar-refractivity contribution >= 4 is 115 Å². The maximum absolute atomic E-state index is 16.4. The van der Waals surface area contributed by atoms with Gasteiger partial charge in [0.25, 0.3) is 22.0 Å². The smallest absolute Gasteiger partial charge is 0.274 e. The van der Waals surface area contributed by atoms with Crippen LogP contribution in [0.15, 0.2) is 116 Å². The number of carbonyl (C=O) groups is 9. The number of pyridine rings is 1. The molecule has 24 N–H and O–H groups in total. The minimum atomic E-state index is -4.30. The number of benzene rings is 6. The van der Waals surface area contributed by atoms with Gasteiger partial charge in [-0.25, -0.2) is 15.3 Å². The number of phenols is 3. The molecule has 7 aliphatic heterocycles. The van der Waals surface area contributed by atoms with Gasteiger partial charge in [0.2, 0.25) is 53.4 Å². The molecule has 0 radical (unpaired) electrons. The number of halogens is 4. The summed E-state index contributed by atoms with van der Waals surface area (Å²) in [6, 6.07) is 4.70. The summed E-state index contributed by atoms with van der Waals surface area (Å²) in [5, 5.41) is 135. The van der Waals surface area contributed by atoms with E-state index in [1.54, 1.807) is 20.8 Å². The van der Waals surface area contributed by atoms with Crippen molar-refractivity contribution in [3.05, 3.63) is 175 Å². The lowest BCUT2D eigenvalue weighted by molar-refractivity contribution is -0.334. The third-order valence-electron chi connectivity index (χ3n) is 21.3. The number of amides is 9. The largest absolute Gasteiger partial charge is 0.508 e. The van der Waals surface area contributed by atoms with E-state index >= 15 is 24.0 Å². The maximum Gasteiger partial charge on any atom is 0.274 e. The molecule has 18 atom stereocenters. The Bertz CT molecular complexity index is 5500. The molecule has 2 fully saturated rings. The summed E-state index contributed by atoms with van der Waals surface area (Å²) in [4.78, 5) is 143. The van der Waals surface area contributed by atoms with Crippen molar-refractivity contribution in [2.24, 2.45) is 16.8 Å². The number of carbonyl (C=O) groups excluding carboxylic acids is 9. The molecule has 46 heteroatoms. The van der Waals surface area contributed by atoms with E-state index in [9.17, 15) is 73.6 Å². The minimum absolute atomic E-state index is 0.0630. The van der Waals surface area contributed by atoms with E-state index in [1.807, 2.05) is 10.2 Å². The Kier molecular flexibility index (Phi) is 30.1. The van der Waals surface area contributed by atoms with Crippen LogP contribution >= 0.6 is 46.4 Å². The standard InChI is InChI=1S/C81H90Cl4N14O27S/c1-32(2)14-48(88-5)73(111)97-63-65(105)36-7-10-52(46(84)17-36)122-54-19-38-20-55(69(54)126-80-70(68(108)67(107)56(31-100)124-80)125-58-27-81(4,71(109)33(3)121-58)90-29-34-15-39(30-89-28-34)72(110)92-42-22-40(82)21-41(83)23-42)123-53-11-8-37(18-47(53)85)66(106)64-78(116)96-62(79(117)99-120-13-12-91-127(87,118)119)45-24-43(101)25-51(103)59(45)44-16-35(6-9-50(44)102)60(75(113)98-64)95-76(114)61(38)94-74(112)49(26-57(86)104)93-77(63)115/h6-11,15-25,28,30,32-33,48-49,56,58,60-68,70-71,80,88,90-91,100-103,105-109H,12-14,26-27,29,31H2,1-5H3,(H2,86,104)(H,92,110)(H,93,115)(H,94,112)(H,95,114)(H,96,116)(H,97,111)(H,98,113)(H,99,117)(H2,87,118,119)/t33-,48+,49-,56+,58-,60+,61+,62+,63+,64-,65+,66+,67+,68-,70+,71+,80-,81-/m0/s1. The highest BCUT2D eigenvalue weighted by atomic mass is 35.5. The van der Waals surface area contributed by atoms with E-state index in [2.05, 4.69) is 52.8 Å². The van der Waals surface area contributed by atoms with E-state index < -0.39 is 283 Å². The Morgan fingerprint density at radius 3 is 1.98 bits per heavy atom. The van der Waals surface area contributed by atoms with Crippen LogP contribution in [0.1, 0.15) is 121 Å². The van der Waals surface area contributed by atoms with Gasteiger partial charge < -0.3 is 128 Å². The number of anilines is 1. The number of aromatic hydroxyl groups is 3. The third-order valence-corrected chi connectivity index (χ3v) is 22.9. The lowest BCUT2D eigenvalue weighted by Gasteiger charge is -2.48. The quantitative estimate of drug-likeness (QED) is 0.0320. The molecule has 7 aliphatic rings. The Morgan fingerprint density at radius 1 is 0.709 bits per heavy atom. The second-order valence-electron chi connectivity index (χ2n) is 31.1. The number of nitrogens with zero attached hydrogens (tertiary/aromatic N) is 1. The molecule has 6 aromatic carbocycles. The predicted molar refractivity (Wildman–Crippen MR) is 448 cm³/mol. The molecule has 0 aliphatic carbocycles. The van der Waals surface area contributed by atoms with Crippen LogP contribution < -0.4 is 83.1 Å². The fraction of sp³-hybridized carbons (Fsp3) is 0.383. The molecule has 1 aromatic heterocycles. The lowest BCUT2D eigenvalue weighted by Crippen LogP contribution is -2.65. The van der Waals surface area contributed by atoms with Gasteiger partial charge in [-0.1, -0.05) is 78.5 Å². The topological polar surface area (TPSA) is 632 Å². The molecule has 0 spiro atoms. The van der Waals surface area contributed by atoms with Crippen LogP contribution in [0.25, 0.3) is 11.1 Å². The monoisotopic (exact) mass is 1860 g/mol. The fourth-order valence-corrected chi connectivity index (χ4v) is 16.3. The Balaban J connectivity index is 1.02. The van der Waals surface area contributed by atoms with Crippen molar-refractivity contribution < 1.29 is 131 Å². The van der Waals surface area contributed by atoms with Gasteiger partial charge >= 0.3 is 0 Å². The molecule has 11 bridgehead atoms. The molecule has 9 amide bonds. The number of primary amides is 1. The first kappa shape index (κ1) is 95.2. The molecule has 680 valence electrons. The SMILES string of the molecule is CN[C@H](CC(C)C)C(=O)N[C@H]1C(=O)N[C@@H](CC(N)=O)C(=O)N[C@H]2C(=O)N[C@H]3C(=O)N[C@H](C(=O)N[C@@H](C(=O)NOCCNS(N)(=O)=O)c4cc(O)cc(O)c4-c4cc3ccc4O)[C@H](O)c3ccc(c(Cl)c3)Oc3cc2cc(c3O[C@@H]2O[C@H](CO)[C@@H](O)[C@H](O)[C@H]2O[C@H]2C[C@](C)(NCc3cncc(C(=O)Nc4cc(Cl)cc(Cl)c4)c3)[C@H](O)[C@H](C)O2)Oc2ccc(cc2Cl)[C@H]1O. The van der Waals surface area contributed by atoms with E-state index in [0.717, 1.165) is 66.7 Å². The van der Waals surface area contributed by atoms with Gasteiger partial charge in [0.15, 0.2) is 23.9 Å². The predicted octanol–water partition coefficient (Wildman–Crippen LogP) is 1.65. The first-order valence-electron chi connectivity index (χ1n) is 39.2. The van der Waals surface area contributed by atoms with Gasteiger partial charge in [-0.15, -0.1) is 0 Å². The summed E-state index contributed by atoms with van der Waals surface area (Å²) < 4.78 is 64.7. The summed E-state index contributed by atoms with van der Waals surface area (Å²) in [7, 11) is -2.84. The van der Waals surface area contributed by atoms with Crippen molar-refractivity contribution in [3.8, 4) is 57.1 Å². The number of nitrogens with one attached hydrogen (secondary N) is 11. The zero-order valence-corrected chi connectivity index (χ0v) is 71.5. The Hall–Kier alpha value is -11.0. The van der Waals surface area contributed by atoms with Gasteiger partial charge in [0.05, 0.1) is 53.5 Å². The second kappa shape index (κ2) is 40.2. The van der Waals surface area contributed by atoms with Crippen LogP contribution in [0, 0.1) is 5.92 Å². The van der Waals surface area contributed by atoms with Crippen LogP contribution in [0.4, 0.5) is 5.69 Å². The normalized spacial score (nSPS) is 25.9. The third kappa shape index (κ3) is 22.4. The van der Waals surface area contributed by atoms with Gasteiger partial charge in [-0.2, -0.15) is 8.42 Å². The minimum Gasteiger partial charge on any atom is -0.508 e. The summed E-state index contributed by atoms with van der Waals surface area (Å²) >= 11 is 26.8. The van der Waals surface area contributed by atoms with Crippen molar-refractivity contribution in [1.29, 1.82) is 0 Å². The number of aliphatic hydroxyl groups excluding tert-OH is 6. The molecule has 8 heterocycles. The highest BCUT2D eigenvalue weighted by molar-refractivity contribution is 7.87. The number of phenolic OH excluding ortho intramolecular Hbond substituents is 3. The van der Waals surface area contributed by atoms with Crippen LogP contribution in [0.3, 0.4) is 0 Å². The lowest BCUT2D eigenvalue weighted by atomic mass is 9.84. The second-order valence-corrected chi connectivity index (χ2v) is 34.2. The summed E-state index contributed by atoms with van der Waals surface area (Å²) in [5.74, 6) is -16.8. The first-order valence-corrected chi connectivity index (χ1v) is 42.2. The number of ether oxygens (including phenoxy) is 6. The summed E-state index contributed by atoms with van der Waals surface area (Å²) in [5.41, 5.74) is 4.15. The number of aliphatic hydroxyl groups is 6. The summed E-state index contributed by atoms with van der Waals surface area (Å²) in [6.45, 7) is 4.45. The number of aromatic nitrogens is 1. The van der Waals surface area contributed by atoms with Gasteiger partial charge in [0, 0.05) is 70.4 Å². The molecule has 7 aromatic rings. The number of rotatable bonds is 23. The zero-order valence-electron chi connectivity index (χ0n) is 67.7.